The molecule has 0 nitrogen and oxygen atoms in total. The lowest BCUT2D eigenvalue weighted by Crippen LogP contribution is -1.92. The summed E-state index contributed by atoms with van der Waals surface area (Å²) in [5.74, 6) is 1.38. The van der Waals surface area contributed by atoms with Gasteiger partial charge in [0.2, 0.25) is 0 Å². The van der Waals surface area contributed by atoms with E-state index < -0.39 is 0 Å². The molecule has 0 saturated heterocycles. The number of rotatable bonds is 0. The lowest BCUT2D eigenvalue weighted by molar-refractivity contribution is 0.815. The van der Waals surface area contributed by atoms with Crippen molar-refractivity contribution in [3.63, 3.8) is 0 Å². The summed E-state index contributed by atoms with van der Waals surface area (Å²) in [5.41, 5.74) is 9.07. The van der Waals surface area contributed by atoms with Gasteiger partial charge in [0, 0.05) is 0 Å². The smallest absolute Gasteiger partial charge is 0.00153 e. The van der Waals surface area contributed by atoms with Crippen LogP contribution in [0.4, 0.5) is 0 Å². The molecule has 0 radical (unpaired) electrons. The fourth-order valence-corrected chi connectivity index (χ4v) is 2.49. The molecule has 0 saturated carbocycles. The zero-order chi connectivity index (χ0) is 14.0. The van der Waals surface area contributed by atoms with Crippen molar-refractivity contribution in [2.45, 2.75) is 55.4 Å². The molecule has 2 aliphatic carbocycles. The van der Waals surface area contributed by atoms with Crippen LogP contribution in [0.2, 0.25) is 0 Å². The molecule has 0 aromatic carbocycles. The van der Waals surface area contributed by atoms with Crippen LogP contribution in [0.25, 0.3) is 0 Å². The normalized spacial score (nSPS) is 24.1. The van der Waals surface area contributed by atoms with Gasteiger partial charge in [0.25, 0.3) is 0 Å². The Kier molecular flexibility index (Phi) is 4.78. The minimum atomic E-state index is 0.690. The van der Waals surface area contributed by atoms with E-state index in [9.17, 15) is 0 Å². The third-order valence-electron chi connectivity index (χ3n) is 4.98. The standard InChI is InChI=1S/C10H16.C8H12/c1-6-7(2)9(4)10(5)8(6)3;1-6-4-5-7(2)8(6)3/h6H,1-5H3;4-6H,1-3H3. The topological polar surface area (TPSA) is 0 Å². The van der Waals surface area contributed by atoms with Gasteiger partial charge in [-0.05, 0) is 64.5 Å². The van der Waals surface area contributed by atoms with Crippen LogP contribution in [-0.4, -0.2) is 0 Å². The zero-order valence-electron chi connectivity index (χ0n) is 13.3. The third kappa shape index (κ3) is 2.85. The van der Waals surface area contributed by atoms with Crippen LogP contribution < -0.4 is 0 Å². The van der Waals surface area contributed by atoms with Crippen LogP contribution in [0.1, 0.15) is 55.4 Å². The van der Waals surface area contributed by atoms with E-state index in [1.807, 2.05) is 0 Å². The molecule has 18 heavy (non-hydrogen) atoms. The summed E-state index contributed by atoms with van der Waals surface area (Å²) >= 11 is 0. The highest BCUT2D eigenvalue weighted by atomic mass is 14.2. The van der Waals surface area contributed by atoms with E-state index in [1.165, 1.54) is 22.3 Å². The van der Waals surface area contributed by atoms with Crippen LogP contribution in [-0.2, 0) is 0 Å². The first-order valence-corrected chi connectivity index (χ1v) is 6.98. The molecule has 0 aliphatic heterocycles. The van der Waals surface area contributed by atoms with Gasteiger partial charge in [0.15, 0.2) is 0 Å². The van der Waals surface area contributed by atoms with E-state index in [-0.39, 0.29) is 0 Å². The maximum Gasteiger partial charge on any atom is -0.00153 e. The van der Waals surface area contributed by atoms with Crippen LogP contribution >= 0.6 is 0 Å². The molecule has 0 aromatic heterocycles. The largest absolute Gasteiger partial charge is 0.0774 e. The monoisotopic (exact) mass is 244 g/mol. The van der Waals surface area contributed by atoms with Crippen LogP contribution in [0.5, 0.6) is 0 Å². The van der Waals surface area contributed by atoms with E-state index >= 15 is 0 Å². The summed E-state index contributed by atoms with van der Waals surface area (Å²) in [6.45, 7) is 17.8. The lowest BCUT2D eigenvalue weighted by Gasteiger charge is -2.05. The summed E-state index contributed by atoms with van der Waals surface area (Å²) in [6, 6.07) is 0. The minimum Gasteiger partial charge on any atom is -0.0774 e. The van der Waals surface area contributed by atoms with Crippen molar-refractivity contribution in [1.82, 2.24) is 0 Å². The zero-order valence-corrected chi connectivity index (χ0v) is 13.3. The fraction of sp³-hybridized carbons (Fsp3) is 0.556. The number of hydrogen-bond donors (Lipinski definition) is 0. The summed E-state index contributed by atoms with van der Waals surface area (Å²) in [4.78, 5) is 0. The molecule has 0 spiro atoms. The van der Waals surface area contributed by atoms with Crippen molar-refractivity contribution in [1.29, 1.82) is 0 Å². The van der Waals surface area contributed by atoms with Crippen LogP contribution in [0, 0.1) is 11.8 Å². The first kappa shape index (κ1) is 15.0. The average Bonchev–Trinajstić information content (AvgIpc) is 2.73. The van der Waals surface area contributed by atoms with Gasteiger partial charge >= 0.3 is 0 Å². The Morgan fingerprint density at radius 2 is 1.17 bits per heavy atom. The van der Waals surface area contributed by atoms with Gasteiger partial charge in [-0.25, -0.2) is 0 Å². The average molecular weight is 244 g/mol. The molecular formula is C18H28. The van der Waals surface area contributed by atoms with Gasteiger partial charge in [-0.2, -0.15) is 0 Å². The Morgan fingerprint density at radius 1 is 0.722 bits per heavy atom. The molecule has 0 aromatic rings. The Bertz CT molecular complexity index is 428. The van der Waals surface area contributed by atoms with Gasteiger partial charge in [0.1, 0.15) is 0 Å². The Morgan fingerprint density at radius 3 is 1.28 bits per heavy atom. The van der Waals surface area contributed by atoms with Crippen molar-refractivity contribution in [3.05, 3.63) is 45.6 Å². The number of hydrogen-bond acceptors (Lipinski definition) is 0. The molecular weight excluding hydrogens is 216 g/mol. The van der Waals surface area contributed by atoms with Crippen LogP contribution in [0.3, 0.4) is 0 Å². The Hall–Kier alpha value is -1.04. The van der Waals surface area contributed by atoms with Crippen LogP contribution in [0.15, 0.2) is 45.6 Å². The highest BCUT2D eigenvalue weighted by molar-refractivity contribution is 5.45. The van der Waals surface area contributed by atoms with Crippen molar-refractivity contribution in [2.24, 2.45) is 11.8 Å². The van der Waals surface area contributed by atoms with Gasteiger partial charge < -0.3 is 0 Å². The maximum absolute atomic E-state index is 2.28. The van der Waals surface area contributed by atoms with Gasteiger partial charge in [-0.3, -0.25) is 0 Å². The van der Waals surface area contributed by atoms with Gasteiger partial charge in [0.05, 0.1) is 0 Å². The molecule has 2 aliphatic rings. The van der Waals surface area contributed by atoms with E-state index in [0.717, 1.165) is 0 Å². The number of allylic oxidation sites excluding steroid dienone is 8. The van der Waals surface area contributed by atoms with Crippen molar-refractivity contribution in [2.75, 3.05) is 0 Å². The Labute approximate surface area is 113 Å². The fourth-order valence-electron chi connectivity index (χ4n) is 2.49. The van der Waals surface area contributed by atoms with Crippen molar-refractivity contribution >= 4 is 0 Å². The molecule has 0 amide bonds. The second-order valence-electron chi connectivity index (χ2n) is 5.85. The predicted octanol–water partition coefficient (Wildman–Crippen LogP) is 5.84. The summed E-state index contributed by atoms with van der Waals surface area (Å²) < 4.78 is 0. The molecule has 1 unspecified atom stereocenters. The van der Waals surface area contributed by atoms with E-state index in [2.05, 4.69) is 67.5 Å². The lowest BCUT2D eigenvalue weighted by atomic mass is 10.00. The summed E-state index contributed by atoms with van der Waals surface area (Å²) in [5, 5.41) is 0. The molecule has 0 heteroatoms. The molecule has 0 bridgehead atoms. The SMILES string of the molecule is CC1=C(C)C(C)C(C)=C1C.CC1=C(C)C(C)C=C1. The van der Waals surface area contributed by atoms with E-state index in [4.69, 9.17) is 0 Å². The van der Waals surface area contributed by atoms with E-state index in [0.29, 0.717) is 11.8 Å². The molecule has 100 valence electrons. The highest BCUT2D eigenvalue weighted by Crippen LogP contribution is 2.35. The maximum atomic E-state index is 2.28. The first-order valence-electron chi connectivity index (χ1n) is 6.98. The molecule has 1 atom stereocenters. The quantitative estimate of drug-likeness (QED) is 0.502. The molecule has 0 fully saturated rings. The minimum absolute atomic E-state index is 0.690. The van der Waals surface area contributed by atoms with Gasteiger partial charge in [-0.1, -0.05) is 48.3 Å². The summed E-state index contributed by atoms with van der Waals surface area (Å²) in [7, 11) is 0. The van der Waals surface area contributed by atoms with Crippen molar-refractivity contribution < 1.29 is 0 Å². The van der Waals surface area contributed by atoms with E-state index in [1.54, 1.807) is 11.1 Å². The molecule has 0 heterocycles. The van der Waals surface area contributed by atoms with Gasteiger partial charge in [-0.15, -0.1) is 0 Å². The molecule has 0 N–H and O–H groups in total. The predicted molar refractivity (Wildman–Crippen MR) is 82.6 cm³/mol. The highest BCUT2D eigenvalue weighted by Gasteiger charge is 2.19. The first-order chi connectivity index (χ1) is 8.27. The second kappa shape index (κ2) is 5.73. The third-order valence-corrected chi connectivity index (χ3v) is 4.98. The Balaban J connectivity index is 0.000000184. The summed E-state index contributed by atoms with van der Waals surface area (Å²) in [6.07, 6.45) is 4.44. The van der Waals surface area contributed by atoms with Crippen molar-refractivity contribution in [3.8, 4) is 0 Å². The second-order valence-corrected chi connectivity index (χ2v) is 5.85. The molecule has 2 rings (SSSR count).